The van der Waals surface area contributed by atoms with E-state index >= 15 is 0 Å². The van der Waals surface area contributed by atoms with Crippen molar-refractivity contribution in [2.75, 3.05) is 6.54 Å². The van der Waals surface area contributed by atoms with Crippen molar-refractivity contribution in [3.05, 3.63) is 77.4 Å². The summed E-state index contributed by atoms with van der Waals surface area (Å²) >= 11 is 0. The van der Waals surface area contributed by atoms with Gasteiger partial charge in [-0.3, -0.25) is 14.5 Å². The second kappa shape index (κ2) is 7.00. The van der Waals surface area contributed by atoms with Crippen LogP contribution in [0, 0.1) is 6.92 Å². The van der Waals surface area contributed by atoms with E-state index in [2.05, 4.69) is 10.1 Å². The lowest BCUT2D eigenvalue weighted by Crippen LogP contribution is -2.39. The molecule has 6 nitrogen and oxygen atoms in total. The van der Waals surface area contributed by atoms with Gasteiger partial charge in [-0.05, 0) is 36.8 Å². The van der Waals surface area contributed by atoms with Crippen molar-refractivity contribution in [2.24, 2.45) is 0 Å². The second-order valence-corrected chi connectivity index (χ2v) is 6.38. The van der Waals surface area contributed by atoms with E-state index in [1.165, 1.54) is 0 Å². The highest BCUT2D eigenvalue weighted by atomic mass is 16.5. The summed E-state index contributed by atoms with van der Waals surface area (Å²) in [5, 5.41) is 4.50. The van der Waals surface area contributed by atoms with Gasteiger partial charge in [0.25, 0.3) is 5.91 Å². The van der Waals surface area contributed by atoms with Crippen LogP contribution < -0.4 is 4.74 Å². The Balaban J connectivity index is 1.44. The summed E-state index contributed by atoms with van der Waals surface area (Å²) in [4.78, 5) is 18.9. The second-order valence-electron chi connectivity index (χ2n) is 6.38. The molecule has 3 aromatic rings. The minimum absolute atomic E-state index is 0.00436. The van der Waals surface area contributed by atoms with Crippen molar-refractivity contribution in [3.8, 4) is 5.75 Å². The highest BCUT2D eigenvalue weighted by Crippen LogP contribution is 2.18. The van der Waals surface area contributed by atoms with Gasteiger partial charge < -0.3 is 9.64 Å². The van der Waals surface area contributed by atoms with Gasteiger partial charge >= 0.3 is 0 Å². The number of nitrogens with zero attached hydrogens (tertiary/aromatic N) is 4. The number of ether oxygens (including phenoxy) is 1. The predicted octanol–water partition coefficient (Wildman–Crippen LogP) is 2.82. The molecule has 1 aliphatic rings. The van der Waals surface area contributed by atoms with Crippen LogP contribution in [0.25, 0.3) is 0 Å². The zero-order chi connectivity index (χ0) is 17.9. The van der Waals surface area contributed by atoms with Gasteiger partial charge in [0.2, 0.25) is 0 Å². The van der Waals surface area contributed by atoms with Gasteiger partial charge in [-0.2, -0.15) is 5.10 Å². The molecule has 0 bridgehead atoms. The molecule has 0 spiro atoms. The molecular weight excluding hydrogens is 328 g/mol. The van der Waals surface area contributed by atoms with Gasteiger partial charge in [-0.15, -0.1) is 0 Å². The summed E-state index contributed by atoms with van der Waals surface area (Å²) < 4.78 is 7.50. The molecule has 1 aromatic carbocycles. The summed E-state index contributed by atoms with van der Waals surface area (Å²) in [5.41, 5.74) is 3.38. The summed E-state index contributed by atoms with van der Waals surface area (Å²) in [7, 11) is 0. The number of fused-ring (bicyclic) bond motifs is 1. The summed E-state index contributed by atoms with van der Waals surface area (Å²) in [6.45, 7) is 4.19. The first-order valence-corrected chi connectivity index (χ1v) is 8.64. The number of pyridine rings is 1. The van der Waals surface area contributed by atoms with Crippen LogP contribution in [0.3, 0.4) is 0 Å². The van der Waals surface area contributed by atoms with E-state index in [1.807, 2.05) is 66.6 Å². The highest BCUT2D eigenvalue weighted by Gasteiger charge is 2.26. The number of benzene rings is 1. The standard InChI is InChI=1S/C20H20N4O2/c1-15-7-8-16(12-21-15)13-23-9-10-24-19(20(23)25)11-17(22-24)14-26-18-5-3-2-4-6-18/h2-8,11-12H,9-10,13-14H2,1H3. The Hall–Kier alpha value is -3.15. The summed E-state index contributed by atoms with van der Waals surface area (Å²) in [6, 6.07) is 15.4. The minimum atomic E-state index is -0.00436. The Labute approximate surface area is 152 Å². The van der Waals surface area contributed by atoms with Crippen molar-refractivity contribution in [2.45, 2.75) is 26.6 Å². The van der Waals surface area contributed by atoms with Gasteiger partial charge in [0.1, 0.15) is 23.7 Å². The number of carbonyl (C=O) groups excluding carboxylic acids is 1. The zero-order valence-electron chi connectivity index (χ0n) is 14.6. The smallest absolute Gasteiger partial charge is 0.272 e. The molecule has 2 aromatic heterocycles. The lowest BCUT2D eigenvalue weighted by Gasteiger charge is -2.27. The quantitative estimate of drug-likeness (QED) is 0.711. The van der Waals surface area contributed by atoms with Crippen molar-refractivity contribution in [3.63, 3.8) is 0 Å². The maximum Gasteiger partial charge on any atom is 0.272 e. The third-order valence-corrected chi connectivity index (χ3v) is 4.39. The fourth-order valence-electron chi connectivity index (χ4n) is 3.00. The Morgan fingerprint density at radius 1 is 1.12 bits per heavy atom. The molecule has 0 saturated heterocycles. The first kappa shape index (κ1) is 16.3. The third-order valence-electron chi connectivity index (χ3n) is 4.39. The normalized spacial score (nSPS) is 13.6. The SMILES string of the molecule is Cc1ccc(CN2CCn3nc(COc4ccccc4)cc3C2=O)cn1. The van der Waals surface area contributed by atoms with Gasteiger partial charge in [0.05, 0.1) is 6.54 Å². The monoisotopic (exact) mass is 348 g/mol. The fourth-order valence-corrected chi connectivity index (χ4v) is 3.00. The average molecular weight is 348 g/mol. The molecule has 1 amide bonds. The number of hydrogen-bond acceptors (Lipinski definition) is 4. The number of rotatable bonds is 5. The van der Waals surface area contributed by atoms with Crippen molar-refractivity contribution in [1.29, 1.82) is 0 Å². The lowest BCUT2D eigenvalue weighted by molar-refractivity contribution is 0.0683. The molecule has 0 aliphatic carbocycles. The maximum absolute atomic E-state index is 12.8. The zero-order valence-corrected chi connectivity index (χ0v) is 14.6. The number of carbonyl (C=O) groups is 1. The van der Waals surface area contributed by atoms with Crippen LogP contribution in [-0.2, 0) is 19.7 Å². The van der Waals surface area contributed by atoms with Crippen molar-refractivity contribution >= 4 is 5.91 Å². The predicted molar refractivity (Wildman–Crippen MR) is 96.7 cm³/mol. The van der Waals surface area contributed by atoms with Crippen LogP contribution >= 0.6 is 0 Å². The Kier molecular flexibility index (Phi) is 4.39. The molecule has 6 heteroatoms. The molecule has 1 aliphatic heterocycles. The number of hydrogen-bond donors (Lipinski definition) is 0. The first-order valence-electron chi connectivity index (χ1n) is 8.64. The molecule has 0 fully saturated rings. The van der Waals surface area contributed by atoms with E-state index in [0.717, 1.165) is 22.7 Å². The van der Waals surface area contributed by atoms with E-state index in [-0.39, 0.29) is 5.91 Å². The third kappa shape index (κ3) is 3.44. The molecule has 132 valence electrons. The summed E-state index contributed by atoms with van der Waals surface area (Å²) in [5.74, 6) is 0.786. The van der Waals surface area contributed by atoms with Crippen molar-refractivity contribution < 1.29 is 9.53 Å². The number of para-hydroxylation sites is 1. The average Bonchev–Trinajstić information content (AvgIpc) is 3.09. The number of aromatic nitrogens is 3. The highest BCUT2D eigenvalue weighted by molar-refractivity contribution is 5.93. The van der Waals surface area contributed by atoms with E-state index < -0.39 is 0 Å². The number of aryl methyl sites for hydroxylation is 1. The Bertz CT molecular complexity index is 903. The van der Waals surface area contributed by atoms with E-state index in [0.29, 0.717) is 31.9 Å². The molecule has 0 saturated carbocycles. The van der Waals surface area contributed by atoms with E-state index in [1.54, 1.807) is 4.68 Å². The fraction of sp³-hybridized carbons (Fsp3) is 0.250. The summed E-state index contributed by atoms with van der Waals surface area (Å²) in [6.07, 6.45) is 1.83. The molecule has 26 heavy (non-hydrogen) atoms. The Morgan fingerprint density at radius 3 is 2.73 bits per heavy atom. The van der Waals surface area contributed by atoms with E-state index in [9.17, 15) is 4.79 Å². The maximum atomic E-state index is 12.8. The van der Waals surface area contributed by atoms with Crippen LogP contribution in [-0.4, -0.2) is 32.1 Å². The van der Waals surface area contributed by atoms with Gasteiger partial charge in [0.15, 0.2) is 0 Å². The number of amides is 1. The van der Waals surface area contributed by atoms with Gasteiger partial charge in [-0.1, -0.05) is 24.3 Å². The van der Waals surface area contributed by atoms with Gasteiger partial charge in [0, 0.05) is 25.0 Å². The topological polar surface area (TPSA) is 60.2 Å². The van der Waals surface area contributed by atoms with E-state index in [4.69, 9.17) is 4.74 Å². The molecule has 0 atom stereocenters. The van der Waals surface area contributed by atoms with Crippen LogP contribution in [0.5, 0.6) is 5.75 Å². The van der Waals surface area contributed by atoms with Crippen LogP contribution in [0.2, 0.25) is 0 Å². The van der Waals surface area contributed by atoms with Gasteiger partial charge in [-0.25, -0.2) is 0 Å². The van der Waals surface area contributed by atoms with Crippen molar-refractivity contribution in [1.82, 2.24) is 19.7 Å². The molecule has 3 heterocycles. The van der Waals surface area contributed by atoms with Crippen LogP contribution in [0.4, 0.5) is 0 Å². The largest absolute Gasteiger partial charge is 0.487 e. The molecule has 0 radical (unpaired) electrons. The molecular formula is C20H20N4O2. The first-order chi connectivity index (χ1) is 12.7. The minimum Gasteiger partial charge on any atom is -0.487 e. The van der Waals surface area contributed by atoms with Crippen LogP contribution in [0.15, 0.2) is 54.7 Å². The molecule has 0 unspecified atom stereocenters. The van der Waals surface area contributed by atoms with Crippen LogP contribution in [0.1, 0.15) is 27.4 Å². The molecule has 0 N–H and O–H groups in total. The molecule has 4 rings (SSSR count). The lowest BCUT2D eigenvalue weighted by atomic mass is 10.2. The Morgan fingerprint density at radius 2 is 1.96 bits per heavy atom.